The molecule has 0 unspecified atom stereocenters. The van der Waals surface area contributed by atoms with Crippen molar-refractivity contribution in [2.45, 2.75) is 6.54 Å². The Morgan fingerprint density at radius 3 is 2.46 bits per heavy atom. The normalized spacial score (nSPS) is 14.6. The van der Waals surface area contributed by atoms with Crippen LogP contribution >= 0.6 is 27.7 Å². The maximum atomic E-state index is 13.1. The van der Waals surface area contributed by atoms with Gasteiger partial charge >= 0.3 is 0 Å². The average molecular weight is 597 g/mol. The molecule has 3 amide bonds. The molecule has 0 saturated carbocycles. The zero-order chi connectivity index (χ0) is 26.9. The lowest BCUT2D eigenvalue weighted by Gasteiger charge is -2.12. The summed E-state index contributed by atoms with van der Waals surface area (Å²) in [5.74, 6) is -0.907. The van der Waals surface area contributed by atoms with Crippen LogP contribution in [0.1, 0.15) is 11.1 Å². The molecule has 1 aliphatic heterocycles. The molecule has 39 heavy (non-hydrogen) atoms. The largest absolute Gasteiger partial charge is 0.342 e. The third-order valence-corrected chi connectivity index (χ3v) is 8.01. The minimum absolute atomic E-state index is 0.296. The summed E-state index contributed by atoms with van der Waals surface area (Å²) in [7, 11) is 0. The number of hydrogen-bond donors (Lipinski definition) is 1. The first-order valence-electron chi connectivity index (χ1n) is 12.3. The van der Waals surface area contributed by atoms with Crippen molar-refractivity contribution in [3.05, 3.63) is 118 Å². The molecule has 1 aromatic heterocycles. The van der Waals surface area contributed by atoms with Crippen molar-refractivity contribution in [3.8, 4) is 0 Å². The van der Waals surface area contributed by atoms with Gasteiger partial charge < -0.3 is 9.88 Å². The fourth-order valence-corrected chi connectivity index (χ4v) is 5.80. The van der Waals surface area contributed by atoms with Crippen LogP contribution in [0, 0.1) is 0 Å². The molecule has 0 atom stereocenters. The molecule has 8 heteroatoms. The molecule has 5 aromatic rings. The lowest BCUT2D eigenvalue weighted by molar-refractivity contribution is -0.127. The fraction of sp³-hybridized carbons (Fsp3) is 0.0645. The van der Waals surface area contributed by atoms with Crippen molar-refractivity contribution >= 4 is 78.2 Å². The van der Waals surface area contributed by atoms with Crippen molar-refractivity contribution in [1.82, 2.24) is 9.47 Å². The van der Waals surface area contributed by atoms with Crippen LogP contribution in [0.4, 0.5) is 10.5 Å². The van der Waals surface area contributed by atoms with Crippen molar-refractivity contribution in [1.29, 1.82) is 0 Å². The summed E-state index contributed by atoms with van der Waals surface area (Å²) in [5.41, 5.74) is 3.63. The summed E-state index contributed by atoms with van der Waals surface area (Å²) in [4.78, 5) is 39.6. The van der Waals surface area contributed by atoms with Gasteiger partial charge in [0.1, 0.15) is 6.54 Å². The van der Waals surface area contributed by atoms with Crippen LogP contribution < -0.4 is 5.32 Å². The topological polar surface area (TPSA) is 71.4 Å². The Balaban J connectivity index is 1.24. The Morgan fingerprint density at radius 1 is 0.897 bits per heavy atom. The highest BCUT2D eigenvalue weighted by atomic mass is 79.9. The number of carbonyl (C=O) groups excluding carboxylic acids is 3. The van der Waals surface area contributed by atoms with E-state index in [2.05, 4.69) is 56.1 Å². The molecule has 0 aliphatic carbocycles. The number of halogens is 1. The Hall–Kier alpha value is -4.14. The minimum atomic E-state index is -0.470. The summed E-state index contributed by atoms with van der Waals surface area (Å²) < 4.78 is 3.04. The molecular formula is C31H22BrN3O3S. The van der Waals surface area contributed by atoms with Crippen molar-refractivity contribution in [3.63, 3.8) is 0 Å². The molecule has 2 heterocycles. The first-order valence-corrected chi connectivity index (χ1v) is 13.9. The molecule has 0 spiro atoms. The van der Waals surface area contributed by atoms with Crippen LogP contribution in [0.3, 0.4) is 0 Å². The van der Waals surface area contributed by atoms with E-state index in [0.29, 0.717) is 17.1 Å². The lowest BCUT2D eigenvalue weighted by atomic mass is 10.1. The van der Waals surface area contributed by atoms with Crippen molar-refractivity contribution in [2.75, 3.05) is 11.9 Å². The van der Waals surface area contributed by atoms with Gasteiger partial charge in [-0.25, -0.2) is 0 Å². The zero-order valence-electron chi connectivity index (χ0n) is 20.6. The van der Waals surface area contributed by atoms with E-state index in [1.807, 2.05) is 42.6 Å². The van der Waals surface area contributed by atoms with Crippen LogP contribution in [-0.4, -0.2) is 33.1 Å². The number of nitrogens with one attached hydrogen (secondary N) is 1. The molecule has 6 rings (SSSR count). The highest BCUT2D eigenvalue weighted by molar-refractivity contribution is 9.10. The van der Waals surface area contributed by atoms with E-state index in [-0.39, 0.29) is 6.54 Å². The summed E-state index contributed by atoms with van der Waals surface area (Å²) >= 11 is 4.21. The monoisotopic (exact) mass is 595 g/mol. The average Bonchev–Trinajstić information content (AvgIpc) is 3.41. The predicted molar refractivity (Wildman–Crippen MR) is 160 cm³/mol. The van der Waals surface area contributed by atoms with Gasteiger partial charge in [0.05, 0.1) is 4.91 Å². The van der Waals surface area contributed by atoms with Crippen molar-refractivity contribution < 1.29 is 14.4 Å². The Labute approximate surface area is 237 Å². The van der Waals surface area contributed by atoms with Crippen LogP contribution in [-0.2, 0) is 16.1 Å². The molecule has 6 nitrogen and oxygen atoms in total. The second-order valence-electron chi connectivity index (χ2n) is 9.23. The van der Waals surface area contributed by atoms with E-state index in [1.54, 1.807) is 30.3 Å². The van der Waals surface area contributed by atoms with Gasteiger partial charge in [0.2, 0.25) is 5.91 Å². The van der Waals surface area contributed by atoms with Crippen LogP contribution in [0.25, 0.3) is 27.8 Å². The van der Waals surface area contributed by atoms with Gasteiger partial charge in [-0.1, -0.05) is 70.5 Å². The molecule has 0 bridgehead atoms. The molecule has 1 saturated heterocycles. The molecule has 1 fully saturated rings. The Morgan fingerprint density at radius 2 is 1.64 bits per heavy atom. The summed E-state index contributed by atoms with van der Waals surface area (Å²) in [6.45, 7) is 0.318. The number of benzene rings is 4. The number of carbonyl (C=O) groups is 3. The molecule has 4 aromatic carbocycles. The van der Waals surface area contributed by atoms with E-state index >= 15 is 0 Å². The number of rotatable bonds is 6. The number of anilines is 1. The number of para-hydroxylation sites is 1. The lowest BCUT2D eigenvalue weighted by Crippen LogP contribution is -2.36. The molecule has 1 aliphatic rings. The zero-order valence-corrected chi connectivity index (χ0v) is 23.0. The number of imide groups is 1. The van der Waals surface area contributed by atoms with Gasteiger partial charge in [-0.05, 0) is 70.6 Å². The smallest absolute Gasteiger partial charge is 0.294 e. The highest BCUT2D eigenvalue weighted by Crippen LogP contribution is 2.34. The van der Waals surface area contributed by atoms with E-state index in [1.165, 1.54) is 10.8 Å². The van der Waals surface area contributed by atoms with Gasteiger partial charge in [0.15, 0.2) is 0 Å². The number of nitrogens with zero attached hydrogens (tertiary/aromatic N) is 2. The number of thioether (sulfide) groups is 1. The quantitative estimate of drug-likeness (QED) is 0.209. The van der Waals surface area contributed by atoms with Gasteiger partial charge in [0, 0.05) is 39.4 Å². The Kier molecular flexibility index (Phi) is 6.81. The molecular weight excluding hydrogens is 574 g/mol. The maximum absolute atomic E-state index is 13.1. The second-order valence-corrected chi connectivity index (χ2v) is 11.1. The maximum Gasteiger partial charge on any atom is 0.294 e. The van der Waals surface area contributed by atoms with Crippen LogP contribution in [0.5, 0.6) is 0 Å². The standard InChI is InChI=1S/C31H22BrN3O3S/c32-24-11-13-25(14-12-24)33-29(36)19-35-30(37)28(39-31(35)38)16-23-18-34(27-8-4-3-7-26(23)27)17-20-9-10-21-5-1-2-6-22(21)15-20/h1-16,18H,17,19H2,(H,33,36)/b28-16-. The second kappa shape index (κ2) is 10.6. The van der Waals surface area contributed by atoms with Crippen molar-refractivity contribution in [2.24, 2.45) is 0 Å². The van der Waals surface area contributed by atoms with Crippen LogP contribution in [0.2, 0.25) is 0 Å². The summed E-state index contributed by atoms with van der Waals surface area (Å²) in [5, 5.41) is 5.63. The van der Waals surface area contributed by atoms with Gasteiger partial charge in [-0.3, -0.25) is 19.3 Å². The van der Waals surface area contributed by atoms with Gasteiger partial charge in [0.25, 0.3) is 11.1 Å². The minimum Gasteiger partial charge on any atom is -0.342 e. The van der Waals surface area contributed by atoms with E-state index in [9.17, 15) is 14.4 Å². The molecule has 0 radical (unpaired) electrons. The third kappa shape index (κ3) is 5.26. The van der Waals surface area contributed by atoms with E-state index < -0.39 is 17.1 Å². The third-order valence-electron chi connectivity index (χ3n) is 6.58. The van der Waals surface area contributed by atoms with E-state index in [4.69, 9.17) is 0 Å². The highest BCUT2D eigenvalue weighted by Gasteiger charge is 2.36. The number of aromatic nitrogens is 1. The van der Waals surface area contributed by atoms with Crippen LogP contribution in [0.15, 0.2) is 107 Å². The molecule has 192 valence electrons. The fourth-order valence-electron chi connectivity index (χ4n) is 4.71. The number of fused-ring (bicyclic) bond motifs is 2. The number of hydrogen-bond acceptors (Lipinski definition) is 4. The Bertz CT molecular complexity index is 1790. The SMILES string of the molecule is O=C(CN1C(=O)S/C(=C\c2cn(Cc3ccc4ccccc4c3)c3ccccc23)C1=O)Nc1ccc(Br)cc1. The van der Waals surface area contributed by atoms with Gasteiger partial charge in [-0.2, -0.15) is 0 Å². The summed E-state index contributed by atoms with van der Waals surface area (Å²) in [6, 6.07) is 29.8. The first kappa shape index (κ1) is 25.2. The summed E-state index contributed by atoms with van der Waals surface area (Å²) in [6.07, 6.45) is 3.75. The first-order chi connectivity index (χ1) is 18.9. The number of amides is 3. The predicted octanol–water partition coefficient (Wildman–Crippen LogP) is 7.28. The van der Waals surface area contributed by atoms with Gasteiger partial charge in [-0.15, -0.1) is 0 Å². The molecule has 1 N–H and O–H groups in total. The van der Waals surface area contributed by atoms with E-state index in [0.717, 1.165) is 43.2 Å².